The first-order valence-electron chi connectivity index (χ1n) is 9.94. The lowest BCUT2D eigenvalue weighted by molar-refractivity contribution is 0.340. The standard InChI is InChI=1S/C22H18N6O3S/c1-2-30-16-10-8-14(9-11-16)17-12-18-21(29)24-25-22(28(18)26-17)32-13-19-23-20(27-31-19)15-6-4-3-5-7-15/h3-12H,2,13H2,1H3,(H,24,29). The Morgan fingerprint density at radius 2 is 1.91 bits per heavy atom. The molecule has 0 unspecified atom stereocenters. The van der Waals surface area contributed by atoms with Crippen LogP contribution in [-0.4, -0.2) is 36.6 Å². The van der Waals surface area contributed by atoms with Crippen molar-refractivity contribution in [3.8, 4) is 28.4 Å². The van der Waals surface area contributed by atoms with E-state index in [1.807, 2.05) is 61.5 Å². The van der Waals surface area contributed by atoms with E-state index in [4.69, 9.17) is 9.26 Å². The summed E-state index contributed by atoms with van der Waals surface area (Å²) in [6.07, 6.45) is 0. The van der Waals surface area contributed by atoms with Crippen molar-refractivity contribution in [1.82, 2.24) is 30.0 Å². The normalized spacial score (nSPS) is 11.2. The molecule has 0 bridgehead atoms. The lowest BCUT2D eigenvalue weighted by Gasteiger charge is -2.03. The molecule has 0 saturated heterocycles. The van der Waals surface area contributed by atoms with Crippen molar-refractivity contribution in [2.75, 3.05) is 6.61 Å². The Hall–Kier alpha value is -3.92. The summed E-state index contributed by atoms with van der Waals surface area (Å²) in [4.78, 5) is 16.7. The molecule has 2 aromatic carbocycles. The van der Waals surface area contributed by atoms with Crippen molar-refractivity contribution in [3.05, 3.63) is 76.9 Å². The molecule has 32 heavy (non-hydrogen) atoms. The number of aromatic amines is 1. The summed E-state index contributed by atoms with van der Waals surface area (Å²) in [5, 5.41) is 15.8. The fourth-order valence-electron chi connectivity index (χ4n) is 3.16. The van der Waals surface area contributed by atoms with Crippen molar-refractivity contribution in [2.24, 2.45) is 0 Å². The molecule has 0 saturated carbocycles. The number of nitrogens with one attached hydrogen (secondary N) is 1. The highest BCUT2D eigenvalue weighted by molar-refractivity contribution is 7.98. The molecule has 0 atom stereocenters. The monoisotopic (exact) mass is 446 g/mol. The maximum absolute atomic E-state index is 12.3. The summed E-state index contributed by atoms with van der Waals surface area (Å²) in [5.41, 5.74) is 2.50. The van der Waals surface area contributed by atoms with E-state index in [2.05, 4.69) is 25.4 Å². The first-order valence-corrected chi connectivity index (χ1v) is 10.9. The molecule has 3 heterocycles. The van der Waals surface area contributed by atoms with Gasteiger partial charge in [-0.1, -0.05) is 47.3 Å². The lowest BCUT2D eigenvalue weighted by atomic mass is 10.1. The van der Waals surface area contributed by atoms with Crippen LogP contribution in [0.25, 0.3) is 28.2 Å². The molecule has 0 aliphatic heterocycles. The van der Waals surface area contributed by atoms with Crippen LogP contribution < -0.4 is 10.3 Å². The number of H-pyrrole nitrogens is 1. The van der Waals surface area contributed by atoms with Gasteiger partial charge in [0.15, 0.2) is 0 Å². The highest BCUT2D eigenvalue weighted by atomic mass is 32.2. The van der Waals surface area contributed by atoms with Crippen LogP contribution >= 0.6 is 11.8 Å². The Kier molecular flexibility index (Phi) is 5.42. The van der Waals surface area contributed by atoms with Crippen LogP contribution in [0.3, 0.4) is 0 Å². The van der Waals surface area contributed by atoms with E-state index in [9.17, 15) is 4.79 Å². The first-order chi connectivity index (χ1) is 15.7. The Morgan fingerprint density at radius 1 is 1.09 bits per heavy atom. The van der Waals surface area contributed by atoms with Gasteiger partial charge in [-0.05, 0) is 37.3 Å². The Balaban J connectivity index is 1.39. The molecular formula is C22H18N6O3S. The third-order valence-electron chi connectivity index (χ3n) is 4.66. The number of hydrogen-bond acceptors (Lipinski definition) is 8. The summed E-state index contributed by atoms with van der Waals surface area (Å²) in [5.74, 6) is 2.14. The summed E-state index contributed by atoms with van der Waals surface area (Å²) in [7, 11) is 0. The van der Waals surface area contributed by atoms with Crippen molar-refractivity contribution < 1.29 is 9.26 Å². The molecule has 1 N–H and O–H groups in total. The van der Waals surface area contributed by atoms with Gasteiger partial charge in [-0.15, -0.1) is 5.10 Å². The molecular weight excluding hydrogens is 428 g/mol. The van der Waals surface area contributed by atoms with Crippen molar-refractivity contribution >= 4 is 17.3 Å². The van der Waals surface area contributed by atoms with Crippen LogP contribution in [0.4, 0.5) is 0 Å². The van der Waals surface area contributed by atoms with Crippen LogP contribution in [-0.2, 0) is 5.75 Å². The van der Waals surface area contributed by atoms with Crippen LogP contribution in [0, 0.1) is 0 Å². The molecule has 0 spiro atoms. The molecule has 0 amide bonds. The summed E-state index contributed by atoms with van der Waals surface area (Å²) >= 11 is 1.34. The van der Waals surface area contributed by atoms with Crippen molar-refractivity contribution in [1.29, 1.82) is 0 Å². The zero-order valence-electron chi connectivity index (χ0n) is 17.1. The number of rotatable bonds is 7. The second-order valence-electron chi connectivity index (χ2n) is 6.79. The van der Waals surface area contributed by atoms with E-state index in [0.717, 1.165) is 16.9 Å². The molecule has 9 nitrogen and oxygen atoms in total. The average molecular weight is 446 g/mol. The number of benzene rings is 2. The number of thioether (sulfide) groups is 1. The van der Waals surface area contributed by atoms with E-state index >= 15 is 0 Å². The van der Waals surface area contributed by atoms with E-state index < -0.39 is 0 Å². The van der Waals surface area contributed by atoms with Crippen LogP contribution in [0.5, 0.6) is 5.75 Å². The minimum Gasteiger partial charge on any atom is -0.494 e. The third-order valence-corrected chi connectivity index (χ3v) is 5.58. The van der Waals surface area contributed by atoms with E-state index in [0.29, 0.717) is 40.4 Å². The lowest BCUT2D eigenvalue weighted by Crippen LogP contribution is -2.13. The Morgan fingerprint density at radius 3 is 2.69 bits per heavy atom. The summed E-state index contributed by atoms with van der Waals surface area (Å²) < 4.78 is 12.4. The Labute approximate surface area is 186 Å². The second kappa shape index (κ2) is 8.67. The molecule has 5 rings (SSSR count). The number of aromatic nitrogens is 6. The van der Waals surface area contributed by atoms with Gasteiger partial charge in [0, 0.05) is 11.1 Å². The number of fused-ring (bicyclic) bond motifs is 1. The third kappa shape index (κ3) is 4.00. The second-order valence-corrected chi connectivity index (χ2v) is 7.73. The van der Waals surface area contributed by atoms with Gasteiger partial charge in [-0.3, -0.25) is 4.79 Å². The van der Waals surface area contributed by atoms with Crippen molar-refractivity contribution in [2.45, 2.75) is 17.8 Å². The van der Waals surface area contributed by atoms with Crippen molar-refractivity contribution in [3.63, 3.8) is 0 Å². The number of nitrogens with zero attached hydrogens (tertiary/aromatic N) is 5. The minimum atomic E-state index is -0.316. The van der Waals surface area contributed by atoms with Gasteiger partial charge in [0.05, 0.1) is 18.1 Å². The molecule has 160 valence electrons. The predicted molar refractivity (Wildman–Crippen MR) is 120 cm³/mol. The van der Waals surface area contributed by atoms with Gasteiger partial charge in [-0.2, -0.15) is 10.1 Å². The smallest absolute Gasteiger partial charge is 0.290 e. The van der Waals surface area contributed by atoms with Crippen LogP contribution in [0.2, 0.25) is 0 Å². The molecule has 3 aromatic heterocycles. The quantitative estimate of drug-likeness (QED) is 0.376. The minimum absolute atomic E-state index is 0.316. The highest BCUT2D eigenvalue weighted by Crippen LogP contribution is 2.25. The summed E-state index contributed by atoms with van der Waals surface area (Å²) in [6.45, 7) is 2.54. The molecule has 10 heteroatoms. The molecule has 0 fully saturated rings. The maximum atomic E-state index is 12.3. The average Bonchev–Trinajstić information content (AvgIpc) is 3.49. The molecule has 0 aliphatic carbocycles. The largest absolute Gasteiger partial charge is 0.494 e. The van der Waals surface area contributed by atoms with Gasteiger partial charge in [0.25, 0.3) is 5.56 Å². The molecule has 0 radical (unpaired) electrons. The predicted octanol–water partition coefficient (Wildman–Crippen LogP) is 3.83. The van der Waals surface area contributed by atoms with Crippen LogP contribution in [0.15, 0.2) is 75.1 Å². The zero-order chi connectivity index (χ0) is 21.9. The first kappa shape index (κ1) is 20.0. The number of hydrogen-bond donors (Lipinski definition) is 1. The van der Waals surface area contributed by atoms with E-state index in [-0.39, 0.29) is 5.56 Å². The Bertz CT molecular complexity index is 1410. The van der Waals surface area contributed by atoms with E-state index in [1.165, 1.54) is 16.3 Å². The fraction of sp³-hybridized carbons (Fsp3) is 0.136. The van der Waals surface area contributed by atoms with Gasteiger partial charge in [0.1, 0.15) is 11.3 Å². The molecule has 0 aliphatic rings. The zero-order valence-corrected chi connectivity index (χ0v) is 17.9. The van der Waals surface area contributed by atoms with Gasteiger partial charge >= 0.3 is 0 Å². The highest BCUT2D eigenvalue weighted by Gasteiger charge is 2.15. The van der Waals surface area contributed by atoms with Gasteiger partial charge in [0.2, 0.25) is 16.9 Å². The number of ether oxygens (including phenoxy) is 1. The van der Waals surface area contributed by atoms with Gasteiger partial charge in [-0.25, -0.2) is 9.61 Å². The topological polar surface area (TPSA) is 111 Å². The molecule has 5 aromatic rings. The van der Waals surface area contributed by atoms with Gasteiger partial charge < -0.3 is 9.26 Å². The summed E-state index contributed by atoms with van der Waals surface area (Å²) in [6, 6.07) is 18.9. The van der Waals surface area contributed by atoms with E-state index in [1.54, 1.807) is 6.07 Å². The maximum Gasteiger partial charge on any atom is 0.290 e. The van der Waals surface area contributed by atoms with Crippen LogP contribution in [0.1, 0.15) is 12.8 Å². The fourth-order valence-corrected chi connectivity index (χ4v) is 3.90. The SMILES string of the molecule is CCOc1ccc(-c2cc3c(=O)[nH]nc(SCc4nc(-c5ccccc5)no4)n3n2)cc1.